The Morgan fingerprint density at radius 1 is 1.06 bits per heavy atom. The van der Waals surface area contributed by atoms with Crippen LogP contribution in [0.1, 0.15) is 61.3 Å². The van der Waals surface area contributed by atoms with Crippen LogP contribution in [0.25, 0.3) is 0 Å². The third-order valence-corrected chi connectivity index (χ3v) is 3.78. The third-order valence-electron chi connectivity index (χ3n) is 3.78. The molecule has 0 radical (unpaired) electrons. The van der Waals surface area contributed by atoms with Crippen molar-refractivity contribution < 1.29 is 0 Å². The molecule has 2 nitrogen and oxygen atoms in total. The molecule has 1 N–H and O–H groups in total. The quantitative estimate of drug-likeness (QED) is 0.665. The van der Waals surface area contributed by atoms with Crippen molar-refractivity contribution in [2.45, 2.75) is 72.9 Å². The summed E-state index contributed by atoms with van der Waals surface area (Å²) in [6.45, 7) is 19.6. The fourth-order valence-electron chi connectivity index (χ4n) is 2.67. The van der Waals surface area contributed by atoms with Gasteiger partial charge in [-0.3, -0.25) is 4.90 Å². The summed E-state index contributed by atoms with van der Waals surface area (Å²) < 4.78 is 0. The van der Waals surface area contributed by atoms with Gasteiger partial charge in [0.15, 0.2) is 0 Å². The Labute approximate surface area is 109 Å². The molecule has 0 aliphatic heterocycles. The molecule has 0 amide bonds. The molecule has 0 heterocycles. The van der Waals surface area contributed by atoms with Crippen LogP contribution < -0.4 is 5.32 Å². The van der Waals surface area contributed by atoms with Crippen molar-refractivity contribution in [3.05, 3.63) is 0 Å². The van der Waals surface area contributed by atoms with Crippen LogP contribution >= 0.6 is 0 Å². The normalized spacial score (nSPS) is 14.6. The lowest BCUT2D eigenvalue weighted by Crippen LogP contribution is -2.58. The summed E-state index contributed by atoms with van der Waals surface area (Å²) in [6, 6.07) is 0.586. The molecule has 0 aromatic carbocycles. The van der Waals surface area contributed by atoms with Gasteiger partial charge in [0.05, 0.1) is 0 Å². The SMILES string of the molecule is CCCNC(CC(C)C)C(C)(C)N(CC)CC. The molecule has 0 saturated carbocycles. The molecule has 104 valence electrons. The van der Waals surface area contributed by atoms with E-state index in [2.05, 4.69) is 58.7 Å². The topological polar surface area (TPSA) is 15.3 Å². The standard InChI is InChI=1S/C15H34N2/c1-8-11-16-14(12-13(4)5)15(6,7)17(9-2)10-3/h13-14,16H,8-12H2,1-7H3. The minimum absolute atomic E-state index is 0.239. The van der Waals surface area contributed by atoms with Gasteiger partial charge in [-0.25, -0.2) is 0 Å². The molecule has 0 fully saturated rings. The van der Waals surface area contributed by atoms with Crippen molar-refractivity contribution in [3.8, 4) is 0 Å². The van der Waals surface area contributed by atoms with Crippen LogP contribution in [-0.4, -0.2) is 36.1 Å². The van der Waals surface area contributed by atoms with Gasteiger partial charge in [0.1, 0.15) is 0 Å². The minimum atomic E-state index is 0.239. The van der Waals surface area contributed by atoms with E-state index in [1.807, 2.05) is 0 Å². The van der Waals surface area contributed by atoms with Gasteiger partial charge >= 0.3 is 0 Å². The third kappa shape index (κ3) is 5.39. The molecule has 17 heavy (non-hydrogen) atoms. The number of hydrogen-bond acceptors (Lipinski definition) is 2. The highest BCUT2D eigenvalue weighted by Crippen LogP contribution is 2.23. The number of rotatable bonds is 9. The van der Waals surface area contributed by atoms with E-state index in [-0.39, 0.29) is 5.54 Å². The predicted octanol–water partition coefficient (Wildman–Crippen LogP) is 3.52. The fourth-order valence-corrected chi connectivity index (χ4v) is 2.67. The first-order chi connectivity index (χ1) is 7.89. The molecule has 0 aliphatic carbocycles. The second-order valence-corrected chi connectivity index (χ2v) is 5.96. The van der Waals surface area contributed by atoms with Gasteiger partial charge < -0.3 is 5.32 Å². The zero-order chi connectivity index (χ0) is 13.5. The Bertz CT molecular complexity index is 183. The molecule has 2 heteroatoms. The van der Waals surface area contributed by atoms with E-state index in [0.29, 0.717) is 6.04 Å². The fraction of sp³-hybridized carbons (Fsp3) is 1.00. The Morgan fingerprint density at radius 2 is 1.59 bits per heavy atom. The van der Waals surface area contributed by atoms with Crippen molar-refractivity contribution in [2.24, 2.45) is 5.92 Å². The van der Waals surface area contributed by atoms with E-state index in [1.54, 1.807) is 0 Å². The summed E-state index contributed by atoms with van der Waals surface area (Å²) in [4.78, 5) is 2.57. The smallest absolute Gasteiger partial charge is 0.0306 e. The van der Waals surface area contributed by atoms with Gasteiger partial charge in [-0.2, -0.15) is 0 Å². The number of nitrogens with one attached hydrogen (secondary N) is 1. The maximum atomic E-state index is 3.75. The second-order valence-electron chi connectivity index (χ2n) is 5.96. The minimum Gasteiger partial charge on any atom is -0.312 e. The maximum absolute atomic E-state index is 3.75. The molecule has 0 aliphatic rings. The van der Waals surface area contributed by atoms with Crippen molar-refractivity contribution in [3.63, 3.8) is 0 Å². The van der Waals surface area contributed by atoms with Gasteiger partial charge in [-0.1, -0.05) is 34.6 Å². The lowest BCUT2D eigenvalue weighted by atomic mass is 9.86. The van der Waals surface area contributed by atoms with Crippen molar-refractivity contribution in [1.29, 1.82) is 0 Å². The first-order valence-corrected chi connectivity index (χ1v) is 7.38. The molecule has 0 bridgehead atoms. The molecule has 0 aromatic rings. The largest absolute Gasteiger partial charge is 0.312 e. The van der Waals surface area contributed by atoms with Crippen LogP contribution in [0.2, 0.25) is 0 Å². The van der Waals surface area contributed by atoms with E-state index in [1.165, 1.54) is 12.8 Å². The Kier molecular flexibility index (Phi) is 8.06. The Morgan fingerprint density at radius 3 is 1.94 bits per heavy atom. The van der Waals surface area contributed by atoms with Crippen LogP contribution in [0.5, 0.6) is 0 Å². The van der Waals surface area contributed by atoms with Crippen LogP contribution in [0.15, 0.2) is 0 Å². The number of hydrogen-bond donors (Lipinski definition) is 1. The lowest BCUT2D eigenvalue weighted by molar-refractivity contribution is 0.0820. The molecular weight excluding hydrogens is 208 g/mol. The van der Waals surface area contributed by atoms with Crippen LogP contribution in [0, 0.1) is 5.92 Å². The van der Waals surface area contributed by atoms with E-state index >= 15 is 0 Å². The highest BCUT2D eigenvalue weighted by atomic mass is 15.2. The van der Waals surface area contributed by atoms with Gasteiger partial charge in [-0.15, -0.1) is 0 Å². The monoisotopic (exact) mass is 242 g/mol. The summed E-state index contributed by atoms with van der Waals surface area (Å²) in [5.74, 6) is 0.749. The molecule has 1 unspecified atom stereocenters. The zero-order valence-corrected chi connectivity index (χ0v) is 13.1. The lowest BCUT2D eigenvalue weighted by Gasteiger charge is -2.44. The highest BCUT2D eigenvalue weighted by molar-refractivity contribution is 4.93. The average molecular weight is 242 g/mol. The molecule has 0 rings (SSSR count). The van der Waals surface area contributed by atoms with Gasteiger partial charge in [0.25, 0.3) is 0 Å². The van der Waals surface area contributed by atoms with E-state index < -0.39 is 0 Å². The van der Waals surface area contributed by atoms with Gasteiger partial charge in [0.2, 0.25) is 0 Å². The molecule has 0 spiro atoms. The van der Waals surface area contributed by atoms with Crippen molar-refractivity contribution >= 4 is 0 Å². The van der Waals surface area contributed by atoms with Crippen LogP contribution in [0.3, 0.4) is 0 Å². The second kappa shape index (κ2) is 8.10. The van der Waals surface area contributed by atoms with Crippen LogP contribution in [0.4, 0.5) is 0 Å². The van der Waals surface area contributed by atoms with Crippen molar-refractivity contribution in [1.82, 2.24) is 10.2 Å². The van der Waals surface area contributed by atoms with Crippen LogP contribution in [-0.2, 0) is 0 Å². The summed E-state index contributed by atoms with van der Waals surface area (Å²) in [6.07, 6.45) is 2.46. The first kappa shape index (κ1) is 16.9. The molecule has 1 atom stereocenters. The zero-order valence-electron chi connectivity index (χ0n) is 13.1. The van der Waals surface area contributed by atoms with Gasteiger partial charge in [0, 0.05) is 11.6 Å². The molecule has 0 aromatic heterocycles. The average Bonchev–Trinajstić information content (AvgIpc) is 2.24. The summed E-state index contributed by atoms with van der Waals surface area (Å²) in [7, 11) is 0. The summed E-state index contributed by atoms with van der Waals surface area (Å²) in [5.41, 5.74) is 0.239. The Balaban J connectivity index is 4.72. The summed E-state index contributed by atoms with van der Waals surface area (Å²) >= 11 is 0. The summed E-state index contributed by atoms with van der Waals surface area (Å²) in [5, 5.41) is 3.75. The number of nitrogens with zero attached hydrogens (tertiary/aromatic N) is 1. The molecular formula is C15H34N2. The number of likely N-dealkylation sites (N-methyl/N-ethyl adjacent to an activating group) is 1. The predicted molar refractivity (Wildman–Crippen MR) is 78.5 cm³/mol. The maximum Gasteiger partial charge on any atom is 0.0306 e. The van der Waals surface area contributed by atoms with E-state index in [4.69, 9.17) is 0 Å². The van der Waals surface area contributed by atoms with Crippen molar-refractivity contribution in [2.75, 3.05) is 19.6 Å². The molecule has 0 saturated heterocycles. The highest BCUT2D eigenvalue weighted by Gasteiger charge is 2.33. The first-order valence-electron chi connectivity index (χ1n) is 7.38. The van der Waals surface area contributed by atoms with Gasteiger partial charge in [-0.05, 0) is 52.2 Å². The Hall–Kier alpha value is -0.0800. The van der Waals surface area contributed by atoms with E-state index in [9.17, 15) is 0 Å². The van der Waals surface area contributed by atoms with E-state index in [0.717, 1.165) is 25.6 Å².